The van der Waals surface area contributed by atoms with Crippen molar-refractivity contribution < 1.29 is 4.79 Å². The van der Waals surface area contributed by atoms with Gasteiger partial charge in [0.2, 0.25) is 5.91 Å². The Labute approximate surface area is 120 Å². The van der Waals surface area contributed by atoms with Crippen molar-refractivity contribution >= 4 is 17.7 Å². The lowest BCUT2D eigenvalue weighted by Gasteiger charge is -2.26. The fraction of sp³-hybridized carbons (Fsp3) is 0.533. The van der Waals surface area contributed by atoms with E-state index in [1.54, 1.807) is 11.8 Å². The fourth-order valence-corrected chi connectivity index (χ4v) is 2.80. The highest BCUT2D eigenvalue weighted by Crippen LogP contribution is 2.24. The normalized spacial score (nSPS) is 14.4. The Hall–Kier alpha value is -1.00. The lowest BCUT2D eigenvalue weighted by atomic mass is 10.0. The average molecular weight is 280 g/mol. The van der Waals surface area contributed by atoms with Gasteiger partial charge in [-0.25, -0.2) is 0 Å². The number of benzene rings is 1. The maximum atomic E-state index is 11.5. The van der Waals surface area contributed by atoms with E-state index in [1.165, 1.54) is 5.56 Å². The first-order valence-electron chi connectivity index (χ1n) is 6.66. The van der Waals surface area contributed by atoms with Crippen molar-refractivity contribution in [3.05, 3.63) is 29.8 Å². The quantitative estimate of drug-likeness (QED) is 0.755. The highest BCUT2D eigenvalue weighted by Gasteiger charge is 2.29. The summed E-state index contributed by atoms with van der Waals surface area (Å²) in [5.74, 6) is 0.870. The molecule has 0 saturated carbocycles. The molecule has 0 aliphatic carbocycles. The van der Waals surface area contributed by atoms with Crippen molar-refractivity contribution in [2.45, 2.75) is 44.0 Å². The Morgan fingerprint density at radius 3 is 2.37 bits per heavy atom. The first-order chi connectivity index (χ1) is 8.89. The van der Waals surface area contributed by atoms with Crippen molar-refractivity contribution in [1.82, 2.24) is 5.32 Å². The SMILES string of the molecule is CCNC(C)(CSc1ccc(C(C)C)cc1)C(N)=O. The number of primary amides is 1. The topological polar surface area (TPSA) is 55.1 Å². The van der Waals surface area contributed by atoms with Gasteiger partial charge in [0, 0.05) is 10.6 Å². The second-order valence-corrected chi connectivity index (χ2v) is 6.29. The van der Waals surface area contributed by atoms with Crippen molar-refractivity contribution in [1.29, 1.82) is 0 Å². The van der Waals surface area contributed by atoms with E-state index in [0.717, 1.165) is 11.4 Å². The van der Waals surface area contributed by atoms with Crippen LogP contribution in [0.25, 0.3) is 0 Å². The van der Waals surface area contributed by atoms with Crippen LogP contribution in [0.15, 0.2) is 29.2 Å². The number of nitrogens with two attached hydrogens (primary N) is 1. The van der Waals surface area contributed by atoms with Crippen molar-refractivity contribution in [2.75, 3.05) is 12.3 Å². The van der Waals surface area contributed by atoms with Crippen LogP contribution in [0.3, 0.4) is 0 Å². The van der Waals surface area contributed by atoms with E-state index >= 15 is 0 Å². The Bertz CT molecular complexity index is 417. The number of likely N-dealkylation sites (N-methyl/N-ethyl adjacent to an activating group) is 1. The summed E-state index contributed by atoms with van der Waals surface area (Å²) < 4.78 is 0. The summed E-state index contributed by atoms with van der Waals surface area (Å²) >= 11 is 1.65. The molecule has 3 nitrogen and oxygen atoms in total. The van der Waals surface area contributed by atoms with Crippen molar-refractivity contribution in [3.8, 4) is 0 Å². The van der Waals surface area contributed by atoms with Gasteiger partial charge in [-0.3, -0.25) is 4.79 Å². The van der Waals surface area contributed by atoms with Gasteiger partial charge in [0.1, 0.15) is 5.54 Å². The molecule has 1 amide bonds. The number of hydrogen-bond acceptors (Lipinski definition) is 3. The molecule has 0 radical (unpaired) electrons. The molecule has 0 aliphatic rings. The van der Waals surface area contributed by atoms with Crippen molar-refractivity contribution in [3.63, 3.8) is 0 Å². The van der Waals surface area contributed by atoms with E-state index in [-0.39, 0.29) is 5.91 Å². The summed E-state index contributed by atoms with van der Waals surface area (Å²) in [6.45, 7) is 8.92. The molecule has 0 bridgehead atoms. The van der Waals surface area contributed by atoms with Crippen LogP contribution in [0, 0.1) is 0 Å². The Morgan fingerprint density at radius 1 is 1.37 bits per heavy atom. The minimum Gasteiger partial charge on any atom is -0.368 e. The van der Waals surface area contributed by atoms with Gasteiger partial charge in [0.05, 0.1) is 0 Å². The molecule has 0 fully saturated rings. The van der Waals surface area contributed by atoms with E-state index < -0.39 is 5.54 Å². The second kappa shape index (κ2) is 6.96. The van der Waals surface area contributed by atoms with Crippen LogP contribution in [-0.4, -0.2) is 23.7 Å². The summed E-state index contributed by atoms with van der Waals surface area (Å²) in [6.07, 6.45) is 0. The van der Waals surface area contributed by atoms with Crippen LogP contribution >= 0.6 is 11.8 Å². The molecule has 19 heavy (non-hydrogen) atoms. The summed E-state index contributed by atoms with van der Waals surface area (Å²) in [7, 11) is 0. The van der Waals surface area contributed by atoms with Crippen LogP contribution < -0.4 is 11.1 Å². The van der Waals surface area contributed by atoms with E-state index in [2.05, 4.69) is 43.4 Å². The second-order valence-electron chi connectivity index (χ2n) is 5.24. The van der Waals surface area contributed by atoms with Crippen LogP contribution in [0.1, 0.15) is 39.2 Å². The maximum Gasteiger partial charge on any atom is 0.238 e. The molecule has 0 spiro atoms. The fourth-order valence-electron chi connectivity index (χ4n) is 1.78. The maximum absolute atomic E-state index is 11.5. The highest BCUT2D eigenvalue weighted by atomic mass is 32.2. The zero-order valence-electron chi connectivity index (χ0n) is 12.2. The van der Waals surface area contributed by atoms with Gasteiger partial charge in [-0.1, -0.05) is 32.9 Å². The third kappa shape index (κ3) is 4.55. The van der Waals surface area contributed by atoms with E-state index in [9.17, 15) is 4.79 Å². The van der Waals surface area contributed by atoms with Gasteiger partial charge in [-0.05, 0) is 37.1 Å². The molecule has 1 unspecified atom stereocenters. The lowest BCUT2D eigenvalue weighted by Crippen LogP contribution is -2.55. The number of nitrogens with one attached hydrogen (secondary N) is 1. The van der Waals surface area contributed by atoms with Crippen LogP contribution in [0.2, 0.25) is 0 Å². The molecule has 1 atom stereocenters. The first-order valence-corrected chi connectivity index (χ1v) is 7.65. The Balaban J connectivity index is 2.67. The molecule has 1 aromatic carbocycles. The summed E-state index contributed by atoms with van der Waals surface area (Å²) in [4.78, 5) is 12.7. The third-order valence-electron chi connectivity index (χ3n) is 3.19. The summed E-state index contributed by atoms with van der Waals surface area (Å²) in [5, 5.41) is 3.16. The molecule has 1 rings (SSSR count). The summed E-state index contributed by atoms with van der Waals surface area (Å²) in [6, 6.07) is 8.49. The minimum atomic E-state index is -0.657. The molecule has 0 aromatic heterocycles. The Kier molecular flexibility index (Phi) is 5.88. The van der Waals surface area contributed by atoms with E-state index in [1.807, 2.05) is 13.8 Å². The smallest absolute Gasteiger partial charge is 0.238 e. The molecule has 4 heteroatoms. The lowest BCUT2D eigenvalue weighted by molar-refractivity contribution is -0.122. The number of carbonyl (C=O) groups excluding carboxylic acids is 1. The Morgan fingerprint density at radius 2 is 1.95 bits per heavy atom. The number of hydrogen-bond donors (Lipinski definition) is 2. The molecule has 0 saturated heterocycles. The van der Waals surface area contributed by atoms with E-state index in [4.69, 9.17) is 5.73 Å². The van der Waals surface area contributed by atoms with Gasteiger partial charge in [-0.15, -0.1) is 11.8 Å². The molecule has 0 aliphatic heterocycles. The van der Waals surface area contributed by atoms with Crippen LogP contribution in [-0.2, 0) is 4.79 Å². The van der Waals surface area contributed by atoms with Gasteiger partial charge in [0.15, 0.2) is 0 Å². The predicted octanol–water partition coefficient (Wildman–Crippen LogP) is 2.76. The zero-order valence-corrected chi connectivity index (χ0v) is 13.0. The molecule has 3 N–H and O–H groups in total. The van der Waals surface area contributed by atoms with Crippen LogP contribution in [0.5, 0.6) is 0 Å². The molecule has 1 aromatic rings. The van der Waals surface area contributed by atoms with Gasteiger partial charge in [0.25, 0.3) is 0 Å². The zero-order chi connectivity index (χ0) is 14.5. The highest BCUT2D eigenvalue weighted by molar-refractivity contribution is 7.99. The van der Waals surface area contributed by atoms with Gasteiger partial charge >= 0.3 is 0 Å². The molecule has 0 heterocycles. The van der Waals surface area contributed by atoms with Crippen molar-refractivity contribution in [2.24, 2.45) is 5.73 Å². The van der Waals surface area contributed by atoms with Crippen LogP contribution in [0.4, 0.5) is 0 Å². The third-order valence-corrected chi connectivity index (χ3v) is 4.51. The number of thioether (sulfide) groups is 1. The van der Waals surface area contributed by atoms with E-state index in [0.29, 0.717) is 11.7 Å². The molecular formula is C15H24N2OS. The monoisotopic (exact) mass is 280 g/mol. The largest absolute Gasteiger partial charge is 0.368 e. The molecular weight excluding hydrogens is 256 g/mol. The number of amides is 1. The average Bonchev–Trinajstić information content (AvgIpc) is 2.37. The van der Waals surface area contributed by atoms with Gasteiger partial charge in [-0.2, -0.15) is 0 Å². The summed E-state index contributed by atoms with van der Waals surface area (Å²) in [5.41, 5.74) is 6.14. The first kappa shape index (κ1) is 16.1. The predicted molar refractivity (Wildman–Crippen MR) is 82.5 cm³/mol. The number of rotatable bonds is 7. The number of carbonyl (C=O) groups is 1. The standard InChI is InChI=1S/C15H24N2OS/c1-5-17-15(4,14(16)18)10-19-13-8-6-12(7-9-13)11(2)3/h6-9,11,17H,5,10H2,1-4H3,(H2,16,18). The minimum absolute atomic E-state index is 0.305. The van der Waals surface area contributed by atoms with Gasteiger partial charge < -0.3 is 11.1 Å². The molecule has 106 valence electrons.